The lowest BCUT2D eigenvalue weighted by molar-refractivity contribution is -0.354. The minimum atomic E-state index is -3.60. The van der Waals surface area contributed by atoms with Gasteiger partial charge in [0, 0.05) is 6.42 Å². The van der Waals surface area contributed by atoms with Crippen LogP contribution in [0.15, 0.2) is 42.5 Å². The first kappa shape index (κ1) is 19.7. The molecule has 6 heteroatoms. The molecule has 1 heterocycles. The lowest BCUT2D eigenvalue weighted by Gasteiger charge is -2.35. The first-order valence-corrected chi connectivity index (χ1v) is 12.5. The number of rotatable bonds is 5. The quantitative estimate of drug-likeness (QED) is 0.748. The Hall–Kier alpha value is -2.21. The first-order chi connectivity index (χ1) is 14.2. The van der Waals surface area contributed by atoms with Crippen LogP contribution in [-0.2, 0) is 21.2 Å². The second kappa shape index (κ2) is 6.64. The fourth-order valence-electron chi connectivity index (χ4n) is 6.11. The Morgan fingerprint density at radius 2 is 1.90 bits per heavy atom. The summed E-state index contributed by atoms with van der Waals surface area (Å²) in [4.78, 5) is 12.9. The molecule has 0 aromatic heterocycles. The molecule has 2 saturated carbocycles. The molecule has 2 aromatic carbocycles. The number of nitrogens with zero attached hydrogens (tertiary/aromatic N) is 1. The number of fused-ring (bicyclic) bond motifs is 3. The van der Waals surface area contributed by atoms with Crippen LogP contribution in [0.2, 0.25) is 0 Å². The number of hydrogen-bond acceptors (Lipinski definition) is 4. The Morgan fingerprint density at radius 3 is 2.63 bits per heavy atom. The highest BCUT2D eigenvalue weighted by molar-refractivity contribution is 7.85. The van der Waals surface area contributed by atoms with Gasteiger partial charge < -0.3 is 0 Å². The van der Waals surface area contributed by atoms with Crippen LogP contribution in [0.4, 0.5) is 0 Å². The van der Waals surface area contributed by atoms with Crippen molar-refractivity contribution in [3.63, 3.8) is 0 Å². The van der Waals surface area contributed by atoms with Gasteiger partial charge in [0.1, 0.15) is 24.6 Å². The molecule has 0 spiro atoms. The molecular weight excluding hydrogens is 396 g/mol. The van der Waals surface area contributed by atoms with Crippen molar-refractivity contribution in [2.45, 2.75) is 39.5 Å². The number of amidine groups is 1. The molecule has 0 unspecified atom stereocenters. The van der Waals surface area contributed by atoms with Gasteiger partial charge in [-0.25, -0.2) is 0 Å². The standard InChI is InChI=1S/C24H28N2O3S/c1-23(2)19-10-11-24(23,21(27)15-19)16-30(28,29)26-13-12-25-22(26)14-18-8-5-7-17-6-3-4-9-20(17)18/h3-9,19H,10-16H2,1-2H3/p+1/t19-,24-/m1/s1. The number of ketones is 1. The van der Waals surface area contributed by atoms with Gasteiger partial charge in [0.2, 0.25) is 0 Å². The van der Waals surface area contributed by atoms with E-state index in [1.165, 1.54) is 0 Å². The zero-order valence-electron chi connectivity index (χ0n) is 17.6. The number of Topliss-reactive ketones (excluding diaryl/α,β-unsaturated/α-hetero) is 1. The third-order valence-corrected chi connectivity index (χ3v) is 10.0. The predicted octanol–water partition coefficient (Wildman–Crippen LogP) is 3.12. The lowest BCUT2D eigenvalue weighted by atomic mass is 9.70. The average molecular weight is 426 g/mol. The minimum Gasteiger partial charge on any atom is -0.299 e. The maximum absolute atomic E-state index is 13.6. The summed E-state index contributed by atoms with van der Waals surface area (Å²) >= 11 is 0. The van der Waals surface area contributed by atoms with E-state index in [1.54, 1.807) is 3.98 Å². The molecule has 0 radical (unpaired) electrons. The molecule has 158 valence electrons. The van der Waals surface area contributed by atoms with Crippen molar-refractivity contribution in [3.05, 3.63) is 48.0 Å². The summed E-state index contributed by atoms with van der Waals surface area (Å²) in [6, 6.07) is 14.3. The second-order valence-corrected chi connectivity index (χ2v) is 11.6. The Kier molecular flexibility index (Phi) is 4.37. The Morgan fingerprint density at radius 1 is 1.13 bits per heavy atom. The number of sulfonamides is 1. The number of hydrogen-bond donors (Lipinski definition) is 1. The van der Waals surface area contributed by atoms with E-state index in [0.29, 0.717) is 38.3 Å². The van der Waals surface area contributed by atoms with Gasteiger partial charge in [-0.15, -0.1) is 0 Å². The van der Waals surface area contributed by atoms with Crippen LogP contribution in [0.25, 0.3) is 10.8 Å². The number of carbonyl (C=O) groups excluding carboxylic acids is 1. The van der Waals surface area contributed by atoms with Crippen molar-refractivity contribution in [3.8, 4) is 0 Å². The van der Waals surface area contributed by atoms with Gasteiger partial charge in [-0.2, -0.15) is 12.4 Å². The third kappa shape index (κ3) is 2.76. The van der Waals surface area contributed by atoms with Crippen molar-refractivity contribution in [1.82, 2.24) is 5.32 Å². The first-order valence-electron chi connectivity index (χ1n) is 10.8. The fraction of sp³-hybridized carbons (Fsp3) is 0.500. The zero-order chi connectivity index (χ0) is 21.1. The van der Waals surface area contributed by atoms with E-state index in [2.05, 4.69) is 43.4 Å². The van der Waals surface area contributed by atoms with Gasteiger partial charge in [0.05, 0.1) is 11.8 Å². The fourth-order valence-corrected chi connectivity index (χ4v) is 8.40. The Labute approximate surface area is 178 Å². The minimum absolute atomic E-state index is 0.0664. The summed E-state index contributed by atoms with van der Waals surface area (Å²) in [7, 11) is -3.60. The van der Waals surface area contributed by atoms with Gasteiger partial charge >= 0.3 is 10.0 Å². The van der Waals surface area contributed by atoms with E-state index < -0.39 is 15.4 Å². The highest BCUT2D eigenvalue weighted by Gasteiger charge is 2.66. The number of benzene rings is 2. The second-order valence-electron chi connectivity index (χ2n) is 9.68. The SMILES string of the molecule is CC1(C)[C@@H]2CC[C@@]1(CS(=O)(=O)[N+]1=C(Cc3cccc4ccccc34)NCC1)C(=O)C2. The van der Waals surface area contributed by atoms with Crippen LogP contribution in [0.3, 0.4) is 0 Å². The molecule has 1 N–H and O–H groups in total. The zero-order valence-corrected chi connectivity index (χ0v) is 18.5. The van der Waals surface area contributed by atoms with Gasteiger partial charge in [0.25, 0.3) is 5.84 Å². The maximum atomic E-state index is 13.6. The maximum Gasteiger partial charge on any atom is 0.301 e. The molecule has 2 atom stereocenters. The topological polar surface area (TPSA) is 66.2 Å². The molecule has 1 aliphatic heterocycles. The summed E-state index contributed by atoms with van der Waals surface area (Å²) in [5, 5.41) is 5.59. The van der Waals surface area contributed by atoms with Crippen molar-refractivity contribution >= 4 is 32.4 Å². The van der Waals surface area contributed by atoms with Crippen molar-refractivity contribution in [1.29, 1.82) is 0 Å². The van der Waals surface area contributed by atoms with Gasteiger partial charge in [0.15, 0.2) is 0 Å². The van der Waals surface area contributed by atoms with Gasteiger partial charge in [-0.3, -0.25) is 10.1 Å². The highest BCUT2D eigenvalue weighted by Crippen LogP contribution is 2.64. The van der Waals surface area contributed by atoms with Crippen LogP contribution < -0.4 is 5.32 Å². The van der Waals surface area contributed by atoms with E-state index in [0.717, 1.165) is 28.6 Å². The van der Waals surface area contributed by atoms with Crippen molar-refractivity contribution in [2.24, 2.45) is 16.7 Å². The summed E-state index contributed by atoms with van der Waals surface area (Å²) in [5.41, 5.74) is 0.123. The summed E-state index contributed by atoms with van der Waals surface area (Å²) in [6.07, 6.45) is 2.72. The molecule has 2 aromatic rings. The lowest BCUT2D eigenvalue weighted by Crippen LogP contribution is -2.45. The molecule has 0 saturated heterocycles. The highest BCUT2D eigenvalue weighted by atomic mass is 32.2. The van der Waals surface area contributed by atoms with Crippen LogP contribution in [-0.4, -0.2) is 42.9 Å². The Balaban J connectivity index is 1.50. The van der Waals surface area contributed by atoms with E-state index >= 15 is 0 Å². The van der Waals surface area contributed by atoms with Gasteiger partial charge in [-0.05, 0) is 40.5 Å². The van der Waals surface area contributed by atoms with Gasteiger partial charge in [-0.1, -0.05) is 56.3 Å². The smallest absolute Gasteiger partial charge is 0.299 e. The van der Waals surface area contributed by atoms with Crippen LogP contribution >= 0.6 is 0 Å². The Bertz CT molecular complexity index is 1180. The molecule has 5 nitrogen and oxygen atoms in total. The summed E-state index contributed by atoms with van der Waals surface area (Å²) in [6.45, 7) is 5.21. The molecule has 2 fully saturated rings. The molecule has 5 rings (SSSR count). The largest absolute Gasteiger partial charge is 0.301 e. The monoisotopic (exact) mass is 425 g/mol. The van der Waals surface area contributed by atoms with Crippen LogP contribution in [0.5, 0.6) is 0 Å². The van der Waals surface area contributed by atoms with Crippen molar-refractivity contribution < 1.29 is 17.2 Å². The third-order valence-electron chi connectivity index (χ3n) is 8.09. The number of nitrogens with one attached hydrogen (secondary N) is 1. The molecular formula is C24H29N2O3S+. The number of carbonyl (C=O) groups is 1. The molecule has 2 bridgehead atoms. The van der Waals surface area contributed by atoms with E-state index in [1.807, 2.05) is 18.2 Å². The summed E-state index contributed by atoms with van der Waals surface area (Å²) < 4.78 is 28.7. The molecule has 30 heavy (non-hydrogen) atoms. The van der Waals surface area contributed by atoms with E-state index in [9.17, 15) is 13.2 Å². The summed E-state index contributed by atoms with van der Waals surface area (Å²) in [5.74, 6) is 1.12. The van der Waals surface area contributed by atoms with E-state index in [4.69, 9.17) is 0 Å². The van der Waals surface area contributed by atoms with Crippen LogP contribution in [0.1, 0.15) is 38.7 Å². The van der Waals surface area contributed by atoms with E-state index in [-0.39, 0.29) is 17.0 Å². The molecule has 2 aliphatic carbocycles. The average Bonchev–Trinajstić information content (AvgIpc) is 3.32. The normalized spacial score (nSPS) is 27.8. The predicted molar refractivity (Wildman–Crippen MR) is 118 cm³/mol. The molecule has 0 amide bonds. The van der Waals surface area contributed by atoms with Crippen LogP contribution in [0, 0.1) is 16.7 Å². The molecule has 3 aliphatic rings. The van der Waals surface area contributed by atoms with Crippen molar-refractivity contribution in [2.75, 3.05) is 18.8 Å².